The first kappa shape index (κ1) is 9.62. The van der Waals surface area contributed by atoms with Gasteiger partial charge in [-0.2, -0.15) is 5.10 Å². The Morgan fingerprint density at radius 1 is 1.36 bits per heavy atom. The molecular formula is C8H12N2O. The summed E-state index contributed by atoms with van der Waals surface area (Å²) in [6, 6.07) is 0. The van der Waals surface area contributed by atoms with Crippen LogP contribution in [0.15, 0.2) is 29.4 Å². The van der Waals surface area contributed by atoms with Gasteiger partial charge in [0.15, 0.2) is 0 Å². The van der Waals surface area contributed by atoms with Gasteiger partial charge in [-0.25, -0.2) is 0 Å². The molecule has 0 radical (unpaired) electrons. The standard InChI is InChI=1S/C8H12N2O/c1-7(8(2)6-11)5-9-10(3)4/h5-6H,1-2H2,3-4H3/b9-5-. The van der Waals surface area contributed by atoms with Crippen molar-refractivity contribution in [2.24, 2.45) is 5.10 Å². The summed E-state index contributed by atoms with van der Waals surface area (Å²) >= 11 is 0. The fourth-order valence-corrected chi connectivity index (χ4v) is 0.344. The molecule has 0 aliphatic heterocycles. The normalized spacial score (nSPS) is 9.64. The molecule has 0 aliphatic rings. The predicted octanol–water partition coefficient (Wildman–Crippen LogP) is 0.845. The van der Waals surface area contributed by atoms with Crippen LogP contribution in [-0.2, 0) is 4.79 Å². The van der Waals surface area contributed by atoms with Gasteiger partial charge in [-0.3, -0.25) is 4.79 Å². The Morgan fingerprint density at radius 3 is 2.27 bits per heavy atom. The summed E-state index contributed by atoms with van der Waals surface area (Å²) in [5, 5.41) is 5.50. The number of hydrogen-bond donors (Lipinski definition) is 0. The quantitative estimate of drug-likeness (QED) is 0.197. The number of aldehydes is 1. The maximum absolute atomic E-state index is 10.2. The summed E-state index contributed by atoms with van der Waals surface area (Å²) in [6.07, 6.45) is 2.15. The average molecular weight is 152 g/mol. The van der Waals surface area contributed by atoms with Crippen LogP contribution in [0.4, 0.5) is 0 Å². The first-order chi connectivity index (χ1) is 5.07. The van der Waals surface area contributed by atoms with Crippen LogP contribution in [0.1, 0.15) is 0 Å². The minimum absolute atomic E-state index is 0.357. The van der Waals surface area contributed by atoms with E-state index in [4.69, 9.17) is 0 Å². The first-order valence-corrected chi connectivity index (χ1v) is 3.12. The lowest BCUT2D eigenvalue weighted by atomic mass is 10.2. The van der Waals surface area contributed by atoms with Crippen LogP contribution >= 0.6 is 0 Å². The molecule has 0 saturated heterocycles. The molecule has 0 aliphatic carbocycles. The Bertz CT molecular complexity index is 204. The maximum atomic E-state index is 10.2. The Kier molecular flexibility index (Phi) is 3.88. The van der Waals surface area contributed by atoms with Crippen molar-refractivity contribution in [2.75, 3.05) is 14.1 Å². The zero-order valence-corrected chi connectivity index (χ0v) is 6.87. The molecule has 11 heavy (non-hydrogen) atoms. The zero-order chi connectivity index (χ0) is 8.85. The Labute approximate surface area is 66.7 Å². The van der Waals surface area contributed by atoms with Gasteiger partial charge in [0.25, 0.3) is 0 Å². The molecule has 0 heterocycles. The van der Waals surface area contributed by atoms with Gasteiger partial charge < -0.3 is 5.01 Å². The van der Waals surface area contributed by atoms with Gasteiger partial charge in [-0.05, 0) is 5.57 Å². The van der Waals surface area contributed by atoms with E-state index >= 15 is 0 Å². The minimum Gasteiger partial charge on any atom is -0.303 e. The van der Waals surface area contributed by atoms with Crippen molar-refractivity contribution in [1.82, 2.24) is 5.01 Å². The van der Waals surface area contributed by atoms with Gasteiger partial charge in [0, 0.05) is 19.7 Å². The Morgan fingerprint density at radius 2 is 1.91 bits per heavy atom. The molecule has 0 spiro atoms. The fraction of sp³-hybridized carbons (Fsp3) is 0.250. The van der Waals surface area contributed by atoms with Crippen LogP contribution in [0.3, 0.4) is 0 Å². The highest BCUT2D eigenvalue weighted by atomic mass is 16.1. The highest BCUT2D eigenvalue weighted by molar-refractivity contribution is 5.95. The number of hydrogen-bond acceptors (Lipinski definition) is 3. The van der Waals surface area contributed by atoms with Gasteiger partial charge >= 0.3 is 0 Å². The summed E-state index contributed by atoms with van der Waals surface area (Å²) in [7, 11) is 3.57. The Balaban J connectivity index is 4.07. The third-order valence-corrected chi connectivity index (χ3v) is 0.999. The van der Waals surface area contributed by atoms with Crippen LogP contribution in [0.25, 0.3) is 0 Å². The first-order valence-electron chi connectivity index (χ1n) is 3.12. The van der Waals surface area contributed by atoms with Gasteiger partial charge in [0.2, 0.25) is 0 Å². The van der Waals surface area contributed by atoms with Crippen molar-refractivity contribution >= 4 is 12.5 Å². The minimum atomic E-state index is 0.357. The van der Waals surface area contributed by atoms with E-state index in [0.29, 0.717) is 17.4 Å². The maximum Gasteiger partial charge on any atom is 0.150 e. The van der Waals surface area contributed by atoms with Crippen molar-refractivity contribution in [3.8, 4) is 0 Å². The van der Waals surface area contributed by atoms with Gasteiger partial charge in [-0.1, -0.05) is 13.2 Å². The lowest BCUT2D eigenvalue weighted by molar-refractivity contribution is -0.104. The molecule has 0 fully saturated rings. The summed E-state index contributed by atoms with van der Waals surface area (Å²) in [5.41, 5.74) is 0.893. The van der Waals surface area contributed by atoms with E-state index in [2.05, 4.69) is 18.3 Å². The lowest BCUT2D eigenvalue weighted by Gasteiger charge is -2.02. The number of rotatable bonds is 4. The van der Waals surface area contributed by atoms with E-state index < -0.39 is 0 Å². The molecule has 0 aromatic heterocycles. The summed E-state index contributed by atoms with van der Waals surface area (Å²) < 4.78 is 0. The van der Waals surface area contributed by atoms with E-state index in [1.54, 1.807) is 19.1 Å². The molecule has 0 N–H and O–H groups in total. The van der Waals surface area contributed by atoms with Crippen LogP contribution in [0, 0.1) is 0 Å². The second kappa shape index (κ2) is 4.44. The molecule has 60 valence electrons. The molecule has 0 atom stereocenters. The highest BCUT2D eigenvalue weighted by Crippen LogP contribution is 1.97. The van der Waals surface area contributed by atoms with Crippen molar-refractivity contribution in [1.29, 1.82) is 0 Å². The van der Waals surface area contributed by atoms with Crippen molar-refractivity contribution < 1.29 is 4.79 Å². The third kappa shape index (κ3) is 4.08. The Hall–Kier alpha value is -1.38. The van der Waals surface area contributed by atoms with Gasteiger partial charge in [0.05, 0.1) is 6.21 Å². The average Bonchev–Trinajstić information content (AvgIpc) is 1.98. The van der Waals surface area contributed by atoms with E-state index in [-0.39, 0.29) is 0 Å². The molecule has 3 heteroatoms. The monoisotopic (exact) mass is 152 g/mol. The molecule has 3 nitrogen and oxygen atoms in total. The largest absolute Gasteiger partial charge is 0.303 e. The van der Waals surface area contributed by atoms with Crippen LogP contribution in [0.2, 0.25) is 0 Å². The topological polar surface area (TPSA) is 32.7 Å². The molecule has 0 aromatic carbocycles. The summed E-state index contributed by atoms with van der Waals surface area (Å²) in [5.74, 6) is 0. The zero-order valence-electron chi connectivity index (χ0n) is 6.87. The van der Waals surface area contributed by atoms with Gasteiger partial charge in [0.1, 0.15) is 6.29 Å². The number of nitrogens with zero attached hydrogens (tertiary/aromatic N) is 2. The summed E-state index contributed by atoms with van der Waals surface area (Å²) in [4.78, 5) is 10.2. The van der Waals surface area contributed by atoms with Gasteiger partial charge in [-0.15, -0.1) is 0 Å². The molecular weight excluding hydrogens is 140 g/mol. The number of carbonyl (C=O) groups is 1. The molecule has 0 saturated carbocycles. The van der Waals surface area contributed by atoms with Crippen LogP contribution in [0.5, 0.6) is 0 Å². The van der Waals surface area contributed by atoms with Crippen molar-refractivity contribution in [3.05, 3.63) is 24.3 Å². The van der Waals surface area contributed by atoms with Crippen molar-refractivity contribution in [2.45, 2.75) is 0 Å². The molecule has 0 amide bonds. The van der Waals surface area contributed by atoms with E-state index in [0.717, 1.165) is 0 Å². The second-order valence-electron chi connectivity index (χ2n) is 2.26. The second-order valence-corrected chi connectivity index (χ2v) is 2.26. The van der Waals surface area contributed by atoms with E-state index in [1.807, 2.05) is 0 Å². The highest BCUT2D eigenvalue weighted by Gasteiger charge is 1.92. The lowest BCUT2D eigenvalue weighted by Crippen LogP contribution is -2.02. The molecule has 0 bridgehead atoms. The predicted molar refractivity (Wildman–Crippen MR) is 46.5 cm³/mol. The smallest absolute Gasteiger partial charge is 0.150 e. The third-order valence-electron chi connectivity index (χ3n) is 0.999. The number of hydrazone groups is 1. The van der Waals surface area contributed by atoms with Crippen LogP contribution in [-0.4, -0.2) is 31.6 Å². The number of carbonyl (C=O) groups excluding carboxylic acids is 1. The molecule has 0 unspecified atom stereocenters. The number of allylic oxidation sites excluding steroid dienone is 2. The van der Waals surface area contributed by atoms with Crippen LogP contribution < -0.4 is 0 Å². The van der Waals surface area contributed by atoms with E-state index in [1.165, 1.54) is 6.21 Å². The SMILES string of the molecule is C=C(C=O)C(=C)/C=N\N(C)C. The molecule has 0 rings (SSSR count). The molecule has 0 aromatic rings. The summed E-state index contributed by atoms with van der Waals surface area (Å²) in [6.45, 7) is 7.06. The van der Waals surface area contributed by atoms with Crippen molar-refractivity contribution in [3.63, 3.8) is 0 Å². The fourth-order valence-electron chi connectivity index (χ4n) is 0.344. The van der Waals surface area contributed by atoms with E-state index in [9.17, 15) is 4.79 Å².